The zero-order valence-electron chi connectivity index (χ0n) is 17.4. The zero-order valence-corrected chi connectivity index (χ0v) is 17.4. The second kappa shape index (κ2) is 10.3. The van der Waals surface area contributed by atoms with E-state index in [2.05, 4.69) is 5.32 Å². The molecule has 3 rings (SSSR count). The Labute approximate surface area is 179 Å². The summed E-state index contributed by atoms with van der Waals surface area (Å²) in [5.41, 5.74) is 7.59. The van der Waals surface area contributed by atoms with Gasteiger partial charge in [-0.1, -0.05) is 49.4 Å². The molecule has 31 heavy (non-hydrogen) atoms. The standard InChI is InChI=1S/C23H26N4O4/c1-2-13-27-21(28)15-20(24)26(23(27)30)14-12-17-8-10-19(11-9-17)25-22(29)31-16-18-6-4-3-5-7-18/h3-11,15H,2,12-14,16,24H2,1H3,(H,25,29). The molecule has 2 aromatic carbocycles. The number of rotatable bonds is 8. The number of aryl methyl sites for hydroxylation is 1. The maximum Gasteiger partial charge on any atom is 0.411 e. The van der Waals surface area contributed by atoms with Crippen molar-refractivity contribution in [3.05, 3.63) is 92.6 Å². The minimum Gasteiger partial charge on any atom is -0.444 e. The van der Waals surface area contributed by atoms with Crippen LogP contribution in [-0.4, -0.2) is 15.2 Å². The molecule has 0 atom stereocenters. The molecule has 0 aliphatic heterocycles. The van der Waals surface area contributed by atoms with E-state index in [1.807, 2.05) is 49.4 Å². The van der Waals surface area contributed by atoms with Gasteiger partial charge in [0.15, 0.2) is 0 Å². The average Bonchev–Trinajstić information content (AvgIpc) is 2.77. The Hall–Kier alpha value is -3.81. The van der Waals surface area contributed by atoms with E-state index in [4.69, 9.17) is 10.5 Å². The highest BCUT2D eigenvalue weighted by Crippen LogP contribution is 2.12. The largest absolute Gasteiger partial charge is 0.444 e. The average molecular weight is 422 g/mol. The summed E-state index contributed by atoms with van der Waals surface area (Å²) < 4.78 is 7.81. The SMILES string of the molecule is CCCn1c(=O)cc(N)n(CCc2ccc(NC(=O)OCc3ccccc3)cc2)c1=O. The summed E-state index contributed by atoms with van der Waals surface area (Å²) in [5.74, 6) is 0.154. The molecule has 0 bridgehead atoms. The minimum atomic E-state index is -0.533. The number of nitrogens with one attached hydrogen (secondary N) is 1. The van der Waals surface area contributed by atoms with Gasteiger partial charge in [0.2, 0.25) is 0 Å². The number of hydrogen-bond acceptors (Lipinski definition) is 5. The van der Waals surface area contributed by atoms with Crippen molar-refractivity contribution < 1.29 is 9.53 Å². The maximum absolute atomic E-state index is 12.5. The molecule has 0 radical (unpaired) electrons. The zero-order chi connectivity index (χ0) is 22.2. The molecule has 0 spiro atoms. The molecule has 0 saturated carbocycles. The summed E-state index contributed by atoms with van der Waals surface area (Å²) in [5, 5.41) is 2.68. The van der Waals surface area contributed by atoms with Crippen LogP contribution in [0.2, 0.25) is 0 Å². The topological polar surface area (TPSA) is 108 Å². The van der Waals surface area contributed by atoms with Crippen LogP contribution in [0.15, 0.2) is 70.3 Å². The fraction of sp³-hybridized carbons (Fsp3) is 0.261. The van der Waals surface area contributed by atoms with Gasteiger partial charge in [0.1, 0.15) is 12.4 Å². The molecule has 8 nitrogen and oxygen atoms in total. The highest BCUT2D eigenvalue weighted by Gasteiger charge is 2.09. The normalized spacial score (nSPS) is 10.6. The van der Waals surface area contributed by atoms with Gasteiger partial charge >= 0.3 is 11.8 Å². The van der Waals surface area contributed by atoms with Gasteiger partial charge in [0.25, 0.3) is 5.56 Å². The van der Waals surface area contributed by atoms with Crippen LogP contribution in [0.25, 0.3) is 0 Å². The van der Waals surface area contributed by atoms with Gasteiger partial charge in [0.05, 0.1) is 0 Å². The fourth-order valence-electron chi connectivity index (χ4n) is 3.16. The molecular formula is C23H26N4O4. The van der Waals surface area contributed by atoms with Gasteiger partial charge in [0, 0.05) is 24.8 Å². The highest BCUT2D eigenvalue weighted by molar-refractivity contribution is 5.84. The predicted octanol–water partition coefficient (Wildman–Crippen LogP) is 2.99. The Kier molecular flexibility index (Phi) is 7.26. The Morgan fingerprint density at radius 2 is 1.68 bits per heavy atom. The van der Waals surface area contributed by atoms with Crippen LogP contribution in [0.4, 0.5) is 16.3 Å². The van der Waals surface area contributed by atoms with Crippen molar-refractivity contribution in [3.8, 4) is 0 Å². The minimum absolute atomic E-state index is 0.154. The lowest BCUT2D eigenvalue weighted by Gasteiger charge is -2.13. The predicted molar refractivity (Wildman–Crippen MR) is 120 cm³/mol. The second-order valence-electron chi connectivity index (χ2n) is 7.13. The van der Waals surface area contributed by atoms with Gasteiger partial charge in [-0.15, -0.1) is 0 Å². The molecule has 1 aromatic heterocycles. The monoisotopic (exact) mass is 422 g/mol. The number of amides is 1. The third-order valence-electron chi connectivity index (χ3n) is 4.80. The number of hydrogen-bond donors (Lipinski definition) is 2. The third kappa shape index (κ3) is 5.85. The van der Waals surface area contributed by atoms with Crippen molar-refractivity contribution in [2.24, 2.45) is 0 Å². The number of benzene rings is 2. The molecule has 8 heteroatoms. The van der Waals surface area contributed by atoms with E-state index in [1.165, 1.54) is 15.2 Å². The van der Waals surface area contributed by atoms with E-state index >= 15 is 0 Å². The molecule has 0 saturated heterocycles. The summed E-state index contributed by atoms with van der Waals surface area (Å²) in [6, 6.07) is 18.0. The molecule has 1 amide bonds. The van der Waals surface area contributed by atoms with Gasteiger partial charge in [-0.2, -0.15) is 0 Å². The molecule has 3 N–H and O–H groups in total. The van der Waals surface area contributed by atoms with E-state index in [0.717, 1.165) is 11.1 Å². The van der Waals surface area contributed by atoms with Gasteiger partial charge < -0.3 is 10.5 Å². The first-order valence-corrected chi connectivity index (χ1v) is 10.1. The lowest BCUT2D eigenvalue weighted by Crippen LogP contribution is -2.40. The Bertz CT molecular complexity index is 1130. The first-order chi connectivity index (χ1) is 15.0. The van der Waals surface area contributed by atoms with Gasteiger partial charge in [-0.3, -0.25) is 19.2 Å². The van der Waals surface area contributed by atoms with E-state index in [1.54, 1.807) is 12.1 Å². The van der Waals surface area contributed by atoms with Crippen LogP contribution in [-0.2, 0) is 30.9 Å². The van der Waals surface area contributed by atoms with Gasteiger partial charge in [-0.25, -0.2) is 9.59 Å². The van der Waals surface area contributed by atoms with Crippen molar-refractivity contribution in [1.29, 1.82) is 0 Å². The number of ether oxygens (including phenoxy) is 1. The van der Waals surface area contributed by atoms with Crippen molar-refractivity contribution >= 4 is 17.6 Å². The number of nitrogen functional groups attached to an aromatic ring is 1. The summed E-state index contributed by atoms with van der Waals surface area (Å²) in [4.78, 5) is 36.5. The molecule has 0 unspecified atom stereocenters. The Balaban J connectivity index is 1.57. The molecule has 3 aromatic rings. The quantitative estimate of drug-likeness (QED) is 0.580. The number of nitrogens with two attached hydrogens (primary N) is 1. The van der Waals surface area contributed by atoms with Crippen molar-refractivity contribution in [2.45, 2.75) is 39.5 Å². The van der Waals surface area contributed by atoms with Crippen LogP contribution >= 0.6 is 0 Å². The highest BCUT2D eigenvalue weighted by atomic mass is 16.5. The molecule has 0 fully saturated rings. The number of nitrogens with zero attached hydrogens (tertiary/aromatic N) is 2. The Morgan fingerprint density at radius 1 is 0.968 bits per heavy atom. The third-order valence-corrected chi connectivity index (χ3v) is 4.80. The van der Waals surface area contributed by atoms with Crippen LogP contribution in [0, 0.1) is 0 Å². The molecular weight excluding hydrogens is 396 g/mol. The van der Waals surface area contributed by atoms with E-state index in [-0.39, 0.29) is 18.0 Å². The lowest BCUT2D eigenvalue weighted by molar-refractivity contribution is 0.155. The smallest absolute Gasteiger partial charge is 0.411 e. The first-order valence-electron chi connectivity index (χ1n) is 10.1. The van der Waals surface area contributed by atoms with Crippen LogP contribution in [0.5, 0.6) is 0 Å². The van der Waals surface area contributed by atoms with Crippen LogP contribution in [0.1, 0.15) is 24.5 Å². The van der Waals surface area contributed by atoms with Crippen molar-refractivity contribution in [1.82, 2.24) is 9.13 Å². The van der Waals surface area contributed by atoms with Crippen LogP contribution in [0.3, 0.4) is 0 Å². The summed E-state index contributed by atoms with van der Waals surface area (Å²) in [7, 11) is 0. The Morgan fingerprint density at radius 3 is 2.35 bits per heavy atom. The molecule has 1 heterocycles. The van der Waals surface area contributed by atoms with Crippen molar-refractivity contribution in [2.75, 3.05) is 11.1 Å². The number of anilines is 2. The summed E-state index contributed by atoms with van der Waals surface area (Å²) >= 11 is 0. The number of carbonyl (C=O) groups is 1. The van der Waals surface area contributed by atoms with Crippen molar-refractivity contribution in [3.63, 3.8) is 0 Å². The van der Waals surface area contributed by atoms with Gasteiger partial charge in [-0.05, 0) is 36.1 Å². The first kappa shape index (κ1) is 21.9. The summed E-state index contributed by atoms with van der Waals surface area (Å²) in [6.45, 7) is 2.81. The van der Waals surface area contributed by atoms with E-state index in [9.17, 15) is 14.4 Å². The maximum atomic E-state index is 12.5. The van der Waals surface area contributed by atoms with Crippen LogP contribution < -0.4 is 22.3 Å². The van der Waals surface area contributed by atoms with E-state index in [0.29, 0.717) is 31.6 Å². The lowest BCUT2D eigenvalue weighted by atomic mass is 10.1. The van der Waals surface area contributed by atoms with E-state index < -0.39 is 11.8 Å². The fourth-order valence-corrected chi connectivity index (χ4v) is 3.16. The molecule has 162 valence electrons. The molecule has 0 aliphatic carbocycles. The number of aromatic nitrogens is 2. The summed E-state index contributed by atoms with van der Waals surface area (Å²) in [6.07, 6.45) is 0.697. The second-order valence-corrected chi connectivity index (χ2v) is 7.13. The number of carbonyl (C=O) groups excluding carboxylic acids is 1. The molecule has 0 aliphatic rings.